The molecular weight excluding hydrogens is 499 g/mol. The molecule has 1 saturated heterocycles. The van der Waals surface area contributed by atoms with Crippen LogP contribution in [0.25, 0.3) is 22.3 Å². The summed E-state index contributed by atoms with van der Waals surface area (Å²) in [7, 11) is 0. The molecular formula is C26H25FN4O5S. The van der Waals surface area contributed by atoms with Crippen LogP contribution in [0.3, 0.4) is 0 Å². The fourth-order valence-electron chi connectivity index (χ4n) is 5.36. The molecule has 37 heavy (non-hydrogen) atoms. The first kappa shape index (κ1) is 24.1. The van der Waals surface area contributed by atoms with Gasteiger partial charge in [0.15, 0.2) is 5.60 Å². The SMILES string of the molecule is CC[C@@]1(O)C(=O)OCc2c1cc1n(c2=O)Cc2c-1nc1cc(F)c(C)cc1c2CNC(=O)[C@@H]1NCCS1. The third kappa shape index (κ3) is 3.59. The molecule has 1 amide bonds. The third-order valence-corrected chi connectivity index (χ3v) is 8.63. The minimum absolute atomic E-state index is 0.0364. The summed E-state index contributed by atoms with van der Waals surface area (Å²) in [6.07, 6.45) is 0.0364. The van der Waals surface area contributed by atoms with Crippen molar-refractivity contribution in [1.29, 1.82) is 0 Å². The van der Waals surface area contributed by atoms with Gasteiger partial charge in [-0.1, -0.05) is 6.92 Å². The van der Waals surface area contributed by atoms with Crippen molar-refractivity contribution in [3.8, 4) is 11.4 Å². The molecule has 2 atom stereocenters. The summed E-state index contributed by atoms with van der Waals surface area (Å²) in [6.45, 7) is 4.21. The lowest BCUT2D eigenvalue weighted by Gasteiger charge is -2.31. The van der Waals surface area contributed by atoms with Crippen LogP contribution in [0.5, 0.6) is 0 Å². The zero-order chi connectivity index (χ0) is 26.1. The van der Waals surface area contributed by atoms with Gasteiger partial charge in [0, 0.05) is 41.4 Å². The van der Waals surface area contributed by atoms with Gasteiger partial charge in [-0.2, -0.15) is 0 Å². The molecule has 1 fully saturated rings. The quantitative estimate of drug-likeness (QED) is 0.346. The number of esters is 1. The van der Waals surface area contributed by atoms with Crippen molar-refractivity contribution in [3.63, 3.8) is 0 Å². The topological polar surface area (TPSA) is 123 Å². The highest BCUT2D eigenvalue weighted by molar-refractivity contribution is 8.00. The molecule has 3 aromatic rings. The summed E-state index contributed by atoms with van der Waals surface area (Å²) >= 11 is 1.53. The molecule has 6 rings (SSSR count). The number of cyclic esters (lactones) is 1. The van der Waals surface area contributed by atoms with Gasteiger partial charge >= 0.3 is 5.97 Å². The predicted molar refractivity (Wildman–Crippen MR) is 135 cm³/mol. The molecule has 3 N–H and O–H groups in total. The van der Waals surface area contributed by atoms with Crippen molar-refractivity contribution >= 4 is 34.5 Å². The number of nitrogens with one attached hydrogen (secondary N) is 2. The van der Waals surface area contributed by atoms with E-state index >= 15 is 0 Å². The second-order valence-corrected chi connectivity index (χ2v) is 10.8. The van der Waals surface area contributed by atoms with E-state index in [1.54, 1.807) is 26.0 Å². The number of carbonyl (C=O) groups excluding carboxylic acids is 2. The van der Waals surface area contributed by atoms with E-state index in [1.807, 2.05) is 0 Å². The maximum absolute atomic E-state index is 14.6. The normalized spacial score (nSPS) is 21.9. The summed E-state index contributed by atoms with van der Waals surface area (Å²) < 4.78 is 21.2. The van der Waals surface area contributed by atoms with Gasteiger partial charge in [-0.3, -0.25) is 14.9 Å². The largest absolute Gasteiger partial charge is 0.458 e. The van der Waals surface area contributed by atoms with E-state index in [2.05, 4.69) is 10.6 Å². The van der Waals surface area contributed by atoms with Gasteiger partial charge in [0.05, 0.1) is 29.0 Å². The lowest BCUT2D eigenvalue weighted by atomic mass is 9.86. The monoisotopic (exact) mass is 524 g/mol. The average Bonchev–Trinajstić information content (AvgIpc) is 3.54. The van der Waals surface area contributed by atoms with Crippen LogP contribution in [0.4, 0.5) is 4.39 Å². The Morgan fingerprint density at radius 3 is 2.89 bits per heavy atom. The summed E-state index contributed by atoms with van der Waals surface area (Å²) in [5.74, 6) is -0.503. The number of nitrogens with zero attached hydrogens (tertiary/aromatic N) is 2. The molecule has 192 valence electrons. The standard InChI is InChI=1S/C26H25FN4O5S/c1-3-26(35)17-7-20-21-15(10-31(20)24(33)16(17)11-36-25(26)34)14(9-29-22(32)23-28-4-5-37-23)13-6-12(2)18(27)8-19(13)30-21/h6-8,23,28,35H,3-5,9-11H2,1-2H3,(H,29,32)/t23-,26+/m1/s1. The molecule has 1 aromatic carbocycles. The van der Waals surface area contributed by atoms with Crippen LogP contribution in [-0.4, -0.2) is 44.2 Å². The van der Waals surface area contributed by atoms with E-state index in [4.69, 9.17) is 9.72 Å². The van der Waals surface area contributed by atoms with Gasteiger partial charge in [-0.15, -0.1) is 11.8 Å². The summed E-state index contributed by atoms with van der Waals surface area (Å²) in [6, 6.07) is 4.68. The molecule has 0 radical (unpaired) electrons. The summed E-state index contributed by atoms with van der Waals surface area (Å²) in [5.41, 5.74) is 1.35. The number of aromatic nitrogens is 2. The van der Waals surface area contributed by atoms with Crippen LogP contribution >= 0.6 is 11.8 Å². The third-order valence-electron chi connectivity index (χ3n) is 7.48. The summed E-state index contributed by atoms with van der Waals surface area (Å²) in [5, 5.41) is 17.6. The van der Waals surface area contributed by atoms with Gasteiger partial charge in [0.2, 0.25) is 5.91 Å². The number of aryl methyl sites for hydroxylation is 1. The van der Waals surface area contributed by atoms with E-state index in [0.29, 0.717) is 27.9 Å². The Labute approximate surface area is 215 Å². The van der Waals surface area contributed by atoms with Crippen LogP contribution in [0, 0.1) is 12.7 Å². The molecule has 0 spiro atoms. The molecule has 9 nitrogen and oxygen atoms in total. The summed E-state index contributed by atoms with van der Waals surface area (Å²) in [4.78, 5) is 43.4. The van der Waals surface area contributed by atoms with Crippen LogP contribution in [0.2, 0.25) is 0 Å². The number of carbonyl (C=O) groups is 2. The Morgan fingerprint density at radius 2 is 2.16 bits per heavy atom. The lowest BCUT2D eigenvalue weighted by Crippen LogP contribution is -2.44. The Bertz CT molecular complexity index is 1570. The van der Waals surface area contributed by atoms with Gasteiger partial charge in [0.25, 0.3) is 5.56 Å². The first-order valence-corrected chi connectivity index (χ1v) is 13.2. The van der Waals surface area contributed by atoms with E-state index in [-0.39, 0.29) is 54.1 Å². The smallest absolute Gasteiger partial charge is 0.343 e. The Balaban J connectivity index is 1.53. The van der Waals surface area contributed by atoms with Crippen molar-refractivity contribution in [2.45, 2.75) is 50.9 Å². The second kappa shape index (κ2) is 8.64. The Kier molecular flexibility index (Phi) is 5.62. The number of fused-ring (bicyclic) bond motifs is 5. The molecule has 0 bridgehead atoms. The van der Waals surface area contributed by atoms with Crippen molar-refractivity contribution in [3.05, 3.63) is 62.2 Å². The number of aliphatic hydroxyl groups is 1. The average molecular weight is 525 g/mol. The fourth-order valence-corrected chi connectivity index (χ4v) is 6.30. The number of thioether (sulfide) groups is 1. The number of hydrogen-bond donors (Lipinski definition) is 3. The van der Waals surface area contributed by atoms with Crippen molar-refractivity contribution in [2.75, 3.05) is 12.3 Å². The van der Waals surface area contributed by atoms with Gasteiger partial charge in [-0.05, 0) is 36.6 Å². The van der Waals surface area contributed by atoms with Gasteiger partial charge in [0.1, 0.15) is 17.8 Å². The number of ether oxygens (including phenoxy) is 1. The minimum Gasteiger partial charge on any atom is -0.458 e. The van der Waals surface area contributed by atoms with E-state index in [1.165, 1.54) is 22.4 Å². The zero-order valence-corrected chi connectivity index (χ0v) is 21.1. The Morgan fingerprint density at radius 1 is 1.35 bits per heavy atom. The zero-order valence-electron chi connectivity index (χ0n) is 20.3. The number of amides is 1. The van der Waals surface area contributed by atoms with E-state index < -0.39 is 17.4 Å². The number of hydrogen-bond acceptors (Lipinski definition) is 8. The highest BCUT2D eigenvalue weighted by Crippen LogP contribution is 2.40. The van der Waals surface area contributed by atoms with Crippen LogP contribution in [0.15, 0.2) is 23.0 Å². The predicted octanol–water partition coefficient (Wildman–Crippen LogP) is 1.81. The Hall–Kier alpha value is -3.28. The van der Waals surface area contributed by atoms with Crippen molar-refractivity contribution < 1.29 is 23.8 Å². The van der Waals surface area contributed by atoms with Crippen LogP contribution in [0.1, 0.15) is 41.2 Å². The van der Waals surface area contributed by atoms with Gasteiger partial charge in [-0.25, -0.2) is 14.2 Å². The molecule has 0 saturated carbocycles. The second-order valence-electron chi connectivity index (χ2n) is 9.56. The molecule has 0 aliphatic carbocycles. The minimum atomic E-state index is -1.94. The first-order valence-electron chi connectivity index (χ1n) is 12.1. The lowest BCUT2D eigenvalue weighted by molar-refractivity contribution is -0.172. The van der Waals surface area contributed by atoms with Crippen LogP contribution in [-0.2, 0) is 39.6 Å². The molecule has 3 aliphatic heterocycles. The molecule has 2 aromatic heterocycles. The molecule has 0 unspecified atom stereocenters. The number of rotatable bonds is 4. The molecule has 3 aliphatic rings. The maximum Gasteiger partial charge on any atom is 0.343 e. The highest BCUT2D eigenvalue weighted by Gasteiger charge is 2.45. The van der Waals surface area contributed by atoms with Crippen LogP contribution < -0.4 is 16.2 Å². The number of benzene rings is 1. The highest BCUT2D eigenvalue weighted by atomic mass is 32.2. The number of pyridine rings is 2. The number of halogens is 1. The van der Waals surface area contributed by atoms with Gasteiger partial charge < -0.3 is 19.7 Å². The molecule has 11 heteroatoms. The molecule has 5 heterocycles. The fraction of sp³-hybridized carbons (Fsp3) is 0.385. The van der Waals surface area contributed by atoms with E-state index in [0.717, 1.165) is 23.4 Å². The van der Waals surface area contributed by atoms with Crippen molar-refractivity contribution in [1.82, 2.24) is 20.2 Å². The first-order chi connectivity index (χ1) is 17.7. The van der Waals surface area contributed by atoms with Crippen molar-refractivity contribution in [2.24, 2.45) is 0 Å². The maximum atomic E-state index is 14.6. The van der Waals surface area contributed by atoms with E-state index in [9.17, 15) is 23.9 Å².